The van der Waals surface area contributed by atoms with Crippen molar-refractivity contribution in [2.75, 3.05) is 18.5 Å². The van der Waals surface area contributed by atoms with Crippen molar-refractivity contribution in [3.63, 3.8) is 0 Å². The average molecular weight is 356 g/mol. The molecule has 0 radical (unpaired) electrons. The molecule has 0 bridgehead atoms. The second-order valence-corrected chi connectivity index (χ2v) is 6.04. The summed E-state index contributed by atoms with van der Waals surface area (Å²) < 4.78 is 7.01. The fourth-order valence-electron chi connectivity index (χ4n) is 2.57. The molecule has 1 aliphatic rings. The Morgan fingerprint density at radius 3 is 2.83 bits per heavy atom. The van der Waals surface area contributed by atoms with Gasteiger partial charge in [0.15, 0.2) is 23.2 Å². The first-order valence-corrected chi connectivity index (χ1v) is 7.77. The van der Waals surface area contributed by atoms with Crippen molar-refractivity contribution >= 4 is 28.6 Å². The van der Waals surface area contributed by atoms with Crippen LogP contribution in [0.25, 0.3) is 11.2 Å². The van der Waals surface area contributed by atoms with Crippen LogP contribution in [0.1, 0.15) is 13.2 Å². The number of hydrogen-bond acceptors (Lipinski definition) is 8. The Kier molecular flexibility index (Phi) is 4.97. The number of ether oxygens (including phenoxy) is 1. The van der Waals surface area contributed by atoms with Crippen LogP contribution in [0.3, 0.4) is 0 Å². The lowest BCUT2D eigenvalue weighted by molar-refractivity contribution is -0.0511. The maximum absolute atomic E-state index is 10.1. The van der Waals surface area contributed by atoms with Gasteiger partial charge in [0.2, 0.25) is 0 Å². The highest BCUT2D eigenvalue weighted by Crippen LogP contribution is 2.31. The quantitative estimate of drug-likeness (QED) is 0.590. The number of anilines is 1. The molecule has 0 amide bonds. The monoisotopic (exact) mass is 355 g/mol. The molecule has 4 atom stereocenters. The number of rotatable bonds is 5. The minimum Gasteiger partial charge on any atom is -0.394 e. The minimum atomic E-state index is -1.20. The number of halogens is 1. The normalized spacial score (nSPS) is 27.8. The Morgan fingerprint density at radius 2 is 2.17 bits per heavy atom. The van der Waals surface area contributed by atoms with E-state index in [-0.39, 0.29) is 0 Å². The smallest absolute Gasteiger partial charge is 0.167 e. The number of aromatic nitrogens is 4. The Hall–Kier alpha value is -1.78. The zero-order chi connectivity index (χ0) is 17.3. The fraction of sp³-hybridized carbons (Fsp3) is 0.500. The first-order valence-electron chi connectivity index (χ1n) is 7.39. The Labute approximate surface area is 142 Å². The summed E-state index contributed by atoms with van der Waals surface area (Å²) in [6.45, 7) is 1.85. The molecule has 2 aromatic heterocycles. The van der Waals surface area contributed by atoms with Gasteiger partial charge in [-0.15, -0.1) is 0 Å². The SMILES string of the molecule is CC(Cl)=CCNc1ncnc2c1ncn2C1OC(CO)C(O)C1O. The second kappa shape index (κ2) is 6.99. The van der Waals surface area contributed by atoms with Gasteiger partial charge in [0.1, 0.15) is 24.6 Å². The van der Waals surface area contributed by atoms with Crippen LogP contribution in [0.4, 0.5) is 5.82 Å². The maximum Gasteiger partial charge on any atom is 0.167 e. The van der Waals surface area contributed by atoms with E-state index in [0.717, 1.165) is 0 Å². The molecular formula is C14H18ClN5O4. The van der Waals surface area contributed by atoms with E-state index in [0.29, 0.717) is 28.6 Å². The van der Waals surface area contributed by atoms with Gasteiger partial charge < -0.3 is 25.4 Å². The van der Waals surface area contributed by atoms with Crippen LogP contribution in [0.2, 0.25) is 0 Å². The van der Waals surface area contributed by atoms with Crippen LogP contribution in [-0.4, -0.2) is 66.3 Å². The second-order valence-electron chi connectivity index (χ2n) is 5.45. The number of allylic oxidation sites excluding steroid dienone is 1. The third-order valence-corrected chi connectivity index (χ3v) is 3.96. The Bertz CT molecular complexity index is 748. The Balaban J connectivity index is 1.90. The molecule has 0 aromatic carbocycles. The summed E-state index contributed by atoms with van der Waals surface area (Å²) in [6, 6.07) is 0. The largest absolute Gasteiger partial charge is 0.394 e. The van der Waals surface area contributed by atoms with Crippen molar-refractivity contribution < 1.29 is 20.1 Å². The molecular weight excluding hydrogens is 338 g/mol. The number of nitrogens with one attached hydrogen (secondary N) is 1. The van der Waals surface area contributed by atoms with Crippen LogP contribution >= 0.6 is 11.6 Å². The van der Waals surface area contributed by atoms with E-state index in [4.69, 9.17) is 16.3 Å². The number of imidazole rings is 1. The van der Waals surface area contributed by atoms with Gasteiger partial charge in [-0.1, -0.05) is 17.7 Å². The molecule has 24 heavy (non-hydrogen) atoms. The molecule has 3 heterocycles. The van der Waals surface area contributed by atoms with Crippen molar-refractivity contribution in [2.24, 2.45) is 0 Å². The van der Waals surface area contributed by atoms with E-state index in [1.807, 2.05) is 0 Å². The predicted octanol–water partition coefficient (Wildman–Crippen LogP) is -0.00770. The number of aliphatic hydroxyl groups excluding tert-OH is 3. The van der Waals surface area contributed by atoms with Gasteiger partial charge in [-0.3, -0.25) is 4.57 Å². The molecule has 4 unspecified atom stereocenters. The summed E-state index contributed by atoms with van der Waals surface area (Å²) in [5.74, 6) is 0.514. The summed E-state index contributed by atoms with van der Waals surface area (Å²) >= 11 is 5.79. The van der Waals surface area contributed by atoms with Gasteiger partial charge in [0, 0.05) is 11.6 Å². The summed E-state index contributed by atoms with van der Waals surface area (Å²) in [5, 5.41) is 33.0. The summed E-state index contributed by atoms with van der Waals surface area (Å²) in [5.41, 5.74) is 0.935. The molecule has 1 saturated heterocycles. The van der Waals surface area contributed by atoms with E-state index < -0.39 is 31.1 Å². The molecule has 10 heteroatoms. The van der Waals surface area contributed by atoms with E-state index in [2.05, 4.69) is 20.3 Å². The van der Waals surface area contributed by atoms with Crippen molar-refractivity contribution in [3.05, 3.63) is 23.8 Å². The predicted molar refractivity (Wildman–Crippen MR) is 86.4 cm³/mol. The third kappa shape index (κ3) is 3.08. The lowest BCUT2D eigenvalue weighted by Gasteiger charge is -2.16. The standard InChI is InChI=1S/C14H18ClN5O4/c1-7(15)2-3-16-12-9-13(18-5-17-12)20(6-19-9)14-11(23)10(22)8(4-21)24-14/h2,5-6,8,10-11,14,21-23H,3-4H2,1H3,(H,16,17,18). The lowest BCUT2D eigenvalue weighted by Crippen LogP contribution is -2.33. The van der Waals surface area contributed by atoms with Gasteiger partial charge in [0.25, 0.3) is 0 Å². The minimum absolute atomic E-state index is 0.396. The van der Waals surface area contributed by atoms with Crippen molar-refractivity contribution in [3.8, 4) is 0 Å². The van der Waals surface area contributed by atoms with E-state index >= 15 is 0 Å². The van der Waals surface area contributed by atoms with Crippen molar-refractivity contribution in [1.82, 2.24) is 19.5 Å². The van der Waals surface area contributed by atoms with Gasteiger partial charge in [-0.2, -0.15) is 0 Å². The zero-order valence-corrected chi connectivity index (χ0v) is 13.6. The average Bonchev–Trinajstić information content (AvgIpc) is 3.10. The number of hydrogen-bond donors (Lipinski definition) is 4. The highest BCUT2D eigenvalue weighted by Gasteiger charge is 2.43. The molecule has 1 aliphatic heterocycles. The summed E-state index contributed by atoms with van der Waals surface area (Å²) in [4.78, 5) is 12.6. The first-order chi connectivity index (χ1) is 11.5. The summed E-state index contributed by atoms with van der Waals surface area (Å²) in [7, 11) is 0. The van der Waals surface area contributed by atoms with E-state index in [1.165, 1.54) is 17.2 Å². The molecule has 130 valence electrons. The van der Waals surface area contributed by atoms with Crippen LogP contribution in [0.15, 0.2) is 23.8 Å². The topological polar surface area (TPSA) is 126 Å². The van der Waals surface area contributed by atoms with Crippen LogP contribution in [-0.2, 0) is 4.74 Å². The van der Waals surface area contributed by atoms with Crippen LogP contribution in [0.5, 0.6) is 0 Å². The number of fused-ring (bicyclic) bond motifs is 1. The highest BCUT2D eigenvalue weighted by molar-refractivity contribution is 6.29. The molecule has 3 rings (SSSR count). The van der Waals surface area contributed by atoms with Gasteiger partial charge in [-0.25, -0.2) is 15.0 Å². The summed E-state index contributed by atoms with van der Waals surface area (Å²) in [6.07, 6.45) is 0.461. The van der Waals surface area contributed by atoms with E-state index in [9.17, 15) is 15.3 Å². The molecule has 0 aliphatic carbocycles. The molecule has 1 fully saturated rings. The highest BCUT2D eigenvalue weighted by atomic mass is 35.5. The van der Waals surface area contributed by atoms with Crippen molar-refractivity contribution in [1.29, 1.82) is 0 Å². The van der Waals surface area contributed by atoms with Crippen LogP contribution < -0.4 is 5.32 Å². The van der Waals surface area contributed by atoms with Gasteiger partial charge in [-0.05, 0) is 6.92 Å². The van der Waals surface area contributed by atoms with Gasteiger partial charge in [0.05, 0.1) is 12.9 Å². The number of nitrogens with zero attached hydrogens (tertiary/aromatic N) is 4. The molecule has 9 nitrogen and oxygen atoms in total. The van der Waals surface area contributed by atoms with Crippen LogP contribution in [0, 0.1) is 0 Å². The lowest BCUT2D eigenvalue weighted by atomic mass is 10.1. The molecule has 0 spiro atoms. The fourth-order valence-corrected chi connectivity index (χ4v) is 2.64. The molecule has 2 aromatic rings. The first kappa shape index (κ1) is 17.1. The number of aliphatic hydroxyl groups is 3. The third-order valence-electron chi connectivity index (χ3n) is 3.80. The molecule has 4 N–H and O–H groups in total. The molecule has 0 saturated carbocycles. The Morgan fingerprint density at radius 1 is 1.38 bits per heavy atom. The maximum atomic E-state index is 10.1. The van der Waals surface area contributed by atoms with E-state index in [1.54, 1.807) is 13.0 Å². The van der Waals surface area contributed by atoms with Gasteiger partial charge >= 0.3 is 0 Å². The zero-order valence-electron chi connectivity index (χ0n) is 12.9. The van der Waals surface area contributed by atoms with Crippen molar-refractivity contribution in [2.45, 2.75) is 31.5 Å².